The summed E-state index contributed by atoms with van der Waals surface area (Å²) in [5.74, 6) is -1.11. The molecule has 9 nitrogen and oxygen atoms in total. The fourth-order valence-electron chi connectivity index (χ4n) is 1.05. The van der Waals surface area contributed by atoms with Crippen molar-refractivity contribution in [1.82, 2.24) is 10.6 Å². The van der Waals surface area contributed by atoms with Gasteiger partial charge in [-0.2, -0.15) is 0 Å². The second-order valence-corrected chi connectivity index (χ2v) is 2.78. The summed E-state index contributed by atoms with van der Waals surface area (Å²) < 4.78 is 5.09. The van der Waals surface area contributed by atoms with Crippen LogP contribution in [0.4, 0.5) is 0 Å². The summed E-state index contributed by atoms with van der Waals surface area (Å²) in [6, 6.07) is 0. The third kappa shape index (κ3) is 3.87. The maximum Gasteiger partial charge on any atom is 0.272 e. The minimum Gasteiger partial charge on any atom is -0.366 e. The van der Waals surface area contributed by atoms with E-state index in [9.17, 15) is 14.9 Å². The van der Waals surface area contributed by atoms with Gasteiger partial charge in [-0.05, 0) is 0 Å². The second kappa shape index (κ2) is 5.22. The molecule has 1 rings (SSSR count). The maximum atomic E-state index is 11.3. The van der Waals surface area contributed by atoms with Crippen molar-refractivity contribution in [2.75, 3.05) is 19.7 Å². The van der Waals surface area contributed by atoms with E-state index in [2.05, 4.69) is 15.7 Å². The van der Waals surface area contributed by atoms with Crippen molar-refractivity contribution in [3.63, 3.8) is 0 Å². The Labute approximate surface area is 84.8 Å². The van der Waals surface area contributed by atoms with Crippen molar-refractivity contribution >= 4 is 11.9 Å². The van der Waals surface area contributed by atoms with Crippen LogP contribution >= 0.6 is 0 Å². The van der Waals surface area contributed by atoms with Gasteiger partial charge in [-0.1, -0.05) is 0 Å². The van der Waals surface area contributed by atoms with Crippen LogP contribution in [0.5, 0.6) is 0 Å². The molecule has 0 aromatic carbocycles. The average molecular weight is 217 g/mol. The van der Waals surface area contributed by atoms with Crippen molar-refractivity contribution in [2.24, 2.45) is 10.8 Å². The molecular formula is C6H11N5O4. The van der Waals surface area contributed by atoms with Gasteiger partial charge in [0.25, 0.3) is 11.9 Å². The van der Waals surface area contributed by atoms with Gasteiger partial charge in [-0.25, -0.2) is 10.1 Å². The van der Waals surface area contributed by atoms with E-state index in [4.69, 9.17) is 10.5 Å². The predicted octanol–water partition coefficient (Wildman–Crippen LogP) is -2.40. The lowest BCUT2D eigenvalue weighted by molar-refractivity contribution is -0.485. The molecule has 0 radical (unpaired) electrons. The topological polar surface area (TPSA) is 132 Å². The Hall–Kier alpha value is -1.74. The second-order valence-electron chi connectivity index (χ2n) is 2.78. The minimum atomic E-state index is -0.990. The molecule has 1 atom stereocenters. The number of nitrogens with two attached hydrogens (primary N) is 1. The van der Waals surface area contributed by atoms with E-state index in [1.54, 1.807) is 0 Å². The first-order valence-electron chi connectivity index (χ1n) is 4.21. The van der Waals surface area contributed by atoms with E-state index >= 15 is 0 Å². The first-order chi connectivity index (χ1) is 7.09. The first-order valence-corrected chi connectivity index (χ1v) is 4.21. The van der Waals surface area contributed by atoms with Crippen molar-refractivity contribution in [3.05, 3.63) is 10.1 Å². The van der Waals surface area contributed by atoms with Gasteiger partial charge in [0.05, 0.1) is 6.61 Å². The van der Waals surface area contributed by atoms with Crippen LogP contribution in [0.25, 0.3) is 0 Å². The Bertz CT molecular complexity index is 285. The lowest BCUT2D eigenvalue weighted by Gasteiger charge is -2.21. The number of guanidine groups is 1. The molecule has 4 N–H and O–H groups in total. The largest absolute Gasteiger partial charge is 0.366 e. The maximum absolute atomic E-state index is 11.3. The summed E-state index contributed by atoms with van der Waals surface area (Å²) in [5.41, 5.74) is 5.08. The van der Waals surface area contributed by atoms with Gasteiger partial charge in [-0.15, -0.1) is 0 Å². The Kier molecular flexibility index (Phi) is 3.94. The molecular weight excluding hydrogens is 206 g/mol. The molecule has 1 amide bonds. The zero-order valence-electron chi connectivity index (χ0n) is 7.80. The van der Waals surface area contributed by atoms with Gasteiger partial charge in [-0.3, -0.25) is 10.1 Å². The van der Waals surface area contributed by atoms with E-state index in [0.717, 1.165) is 0 Å². The van der Waals surface area contributed by atoms with Crippen LogP contribution in [0.15, 0.2) is 5.10 Å². The summed E-state index contributed by atoms with van der Waals surface area (Å²) in [7, 11) is 0. The van der Waals surface area contributed by atoms with Gasteiger partial charge in [0.15, 0.2) is 5.03 Å². The number of nitrogens with zero attached hydrogens (tertiary/aromatic N) is 2. The number of carbonyl (C=O) groups excluding carboxylic acids is 1. The summed E-state index contributed by atoms with van der Waals surface area (Å²) in [4.78, 5) is 21.2. The van der Waals surface area contributed by atoms with Gasteiger partial charge in [0, 0.05) is 13.1 Å². The summed E-state index contributed by atoms with van der Waals surface area (Å²) >= 11 is 0. The van der Waals surface area contributed by atoms with Crippen molar-refractivity contribution < 1.29 is 14.6 Å². The summed E-state index contributed by atoms with van der Waals surface area (Å²) in [6.45, 7) is 1.42. The molecule has 0 spiro atoms. The summed E-state index contributed by atoms with van der Waals surface area (Å²) in [6.07, 6.45) is -0.695. The average Bonchev–Trinajstić information content (AvgIpc) is 2.17. The molecule has 1 unspecified atom stereocenters. The Morgan fingerprint density at radius 3 is 3.00 bits per heavy atom. The first kappa shape index (κ1) is 11.3. The normalized spacial score (nSPS) is 22.1. The quantitative estimate of drug-likeness (QED) is 0.204. The summed E-state index contributed by atoms with van der Waals surface area (Å²) in [5, 5.41) is 16.6. The van der Waals surface area contributed by atoms with E-state index in [-0.39, 0.29) is 0 Å². The highest BCUT2D eigenvalue weighted by molar-refractivity contribution is 5.98. The highest BCUT2D eigenvalue weighted by Crippen LogP contribution is 1.95. The number of nitro groups is 1. The lowest BCUT2D eigenvalue weighted by Crippen LogP contribution is -2.50. The standard InChI is InChI=1S/C6H11N5O4/c7-6(10-11(13)14)9-5(12)4-3-8-1-2-15-4/h4,8H,1-3H2,(H3,7,9,10,12). The highest BCUT2D eigenvalue weighted by atomic mass is 16.7. The zero-order chi connectivity index (χ0) is 11.3. The number of hydrogen-bond donors (Lipinski definition) is 3. The molecule has 1 aliphatic rings. The zero-order valence-corrected chi connectivity index (χ0v) is 7.80. The molecule has 0 aliphatic carbocycles. The third-order valence-electron chi connectivity index (χ3n) is 1.66. The molecule has 1 fully saturated rings. The van der Waals surface area contributed by atoms with Crippen LogP contribution in [0, 0.1) is 10.1 Å². The number of hydrogen-bond acceptors (Lipinski definition) is 5. The Morgan fingerprint density at radius 1 is 1.73 bits per heavy atom. The molecule has 84 valence electrons. The number of carbonyl (C=O) groups is 1. The lowest BCUT2D eigenvalue weighted by atomic mass is 10.3. The van der Waals surface area contributed by atoms with Crippen LogP contribution in [0.2, 0.25) is 0 Å². The number of hydrazone groups is 1. The van der Waals surface area contributed by atoms with Gasteiger partial charge in [0.1, 0.15) is 11.2 Å². The van der Waals surface area contributed by atoms with Crippen LogP contribution in [0.3, 0.4) is 0 Å². The van der Waals surface area contributed by atoms with Crippen molar-refractivity contribution in [1.29, 1.82) is 0 Å². The number of amides is 1. The van der Waals surface area contributed by atoms with Crippen LogP contribution in [0.1, 0.15) is 0 Å². The minimum absolute atomic E-state index is 0.345. The van der Waals surface area contributed by atoms with Gasteiger partial charge in [0.2, 0.25) is 0 Å². The molecule has 1 aliphatic heterocycles. The number of morpholine rings is 1. The molecule has 9 heteroatoms. The molecule has 15 heavy (non-hydrogen) atoms. The number of rotatable bonds is 2. The number of ether oxygens (including phenoxy) is 1. The van der Waals surface area contributed by atoms with Crippen LogP contribution in [-0.4, -0.2) is 42.7 Å². The van der Waals surface area contributed by atoms with Crippen LogP contribution in [-0.2, 0) is 9.53 Å². The van der Waals surface area contributed by atoms with Crippen molar-refractivity contribution in [2.45, 2.75) is 6.10 Å². The van der Waals surface area contributed by atoms with E-state index in [1.807, 2.05) is 0 Å². The molecule has 1 heterocycles. The van der Waals surface area contributed by atoms with Gasteiger partial charge >= 0.3 is 0 Å². The molecule has 0 aromatic rings. The SMILES string of the molecule is NC(=N[N+](=O)[O-])NC(=O)C1CNCCO1. The third-order valence-corrected chi connectivity index (χ3v) is 1.66. The van der Waals surface area contributed by atoms with Crippen LogP contribution < -0.4 is 16.4 Å². The van der Waals surface area contributed by atoms with Gasteiger partial charge < -0.3 is 15.8 Å². The molecule has 0 aromatic heterocycles. The Balaban J connectivity index is 2.43. The smallest absolute Gasteiger partial charge is 0.272 e. The number of nitrogens with one attached hydrogen (secondary N) is 2. The fraction of sp³-hybridized carbons (Fsp3) is 0.667. The fourth-order valence-corrected chi connectivity index (χ4v) is 1.05. The van der Waals surface area contributed by atoms with E-state index < -0.39 is 23.0 Å². The van der Waals surface area contributed by atoms with E-state index in [0.29, 0.717) is 19.7 Å². The van der Waals surface area contributed by atoms with E-state index in [1.165, 1.54) is 0 Å². The highest BCUT2D eigenvalue weighted by Gasteiger charge is 2.22. The monoisotopic (exact) mass is 217 g/mol. The molecule has 0 bridgehead atoms. The molecule has 0 saturated carbocycles. The predicted molar refractivity (Wildman–Crippen MR) is 49.4 cm³/mol. The molecule has 1 saturated heterocycles. The van der Waals surface area contributed by atoms with Crippen molar-refractivity contribution in [3.8, 4) is 0 Å². The Morgan fingerprint density at radius 2 is 2.47 bits per heavy atom.